The average molecular weight is 470 g/mol. The molecular weight excluding hydrogens is 450 g/mol. The smallest absolute Gasteiger partial charge is 0.337 e. The summed E-state index contributed by atoms with van der Waals surface area (Å²) in [6.45, 7) is 0.211. The van der Waals surface area contributed by atoms with Gasteiger partial charge in [-0.15, -0.1) is 0 Å². The van der Waals surface area contributed by atoms with E-state index in [1.165, 1.54) is 12.0 Å². The zero-order chi connectivity index (χ0) is 23.7. The van der Waals surface area contributed by atoms with Crippen LogP contribution in [-0.2, 0) is 16.1 Å². The number of esters is 1. The summed E-state index contributed by atoms with van der Waals surface area (Å²) in [7, 11) is 1.33. The normalized spacial score (nSPS) is 14.9. The lowest BCUT2D eigenvalue weighted by atomic mass is 10.1. The van der Waals surface area contributed by atoms with E-state index in [1.54, 1.807) is 42.5 Å². The number of ether oxygens (including phenoxy) is 1. The Labute approximate surface area is 199 Å². The van der Waals surface area contributed by atoms with Gasteiger partial charge in [0.05, 0.1) is 24.1 Å². The first-order valence-corrected chi connectivity index (χ1v) is 11.3. The second-order valence-electron chi connectivity index (χ2n) is 7.72. The molecule has 1 saturated heterocycles. The number of rotatable bonds is 5. The summed E-state index contributed by atoms with van der Waals surface area (Å²) in [5, 5.41) is 1.86. The Bertz CT molecular complexity index is 1450. The van der Waals surface area contributed by atoms with Gasteiger partial charge < -0.3 is 9.15 Å². The van der Waals surface area contributed by atoms with Gasteiger partial charge in [-0.2, -0.15) is 0 Å². The molecule has 4 aromatic rings. The van der Waals surface area contributed by atoms with Crippen LogP contribution in [0.4, 0.5) is 4.79 Å². The molecule has 0 aliphatic carbocycles. The highest BCUT2D eigenvalue weighted by molar-refractivity contribution is 8.18. The van der Waals surface area contributed by atoms with Crippen molar-refractivity contribution in [3.63, 3.8) is 0 Å². The van der Waals surface area contributed by atoms with Crippen molar-refractivity contribution in [2.24, 2.45) is 0 Å². The Kier molecular flexibility index (Phi) is 5.77. The van der Waals surface area contributed by atoms with Crippen molar-refractivity contribution >= 4 is 45.7 Å². The minimum absolute atomic E-state index is 0.211. The molecule has 0 spiro atoms. The van der Waals surface area contributed by atoms with Crippen molar-refractivity contribution < 1.29 is 23.5 Å². The molecule has 0 radical (unpaired) electrons. The molecule has 2 heterocycles. The number of amides is 2. The number of carbonyl (C=O) groups is 3. The molecule has 6 nitrogen and oxygen atoms in total. The van der Waals surface area contributed by atoms with Gasteiger partial charge in [-0.3, -0.25) is 14.5 Å². The lowest BCUT2D eigenvalue weighted by Crippen LogP contribution is -2.27. The van der Waals surface area contributed by atoms with Crippen molar-refractivity contribution in [2.75, 3.05) is 7.11 Å². The van der Waals surface area contributed by atoms with Crippen LogP contribution in [-0.4, -0.2) is 29.1 Å². The SMILES string of the molecule is COC(=O)c1ccc(-c2ccc(/C=C3\SC(=O)N(Cc4ccc5ccccc5c4)C3=O)o2)cc1. The van der Waals surface area contributed by atoms with E-state index in [9.17, 15) is 14.4 Å². The maximum absolute atomic E-state index is 12.9. The van der Waals surface area contributed by atoms with E-state index < -0.39 is 5.97 Å². The van der Waals surface area contributed by atoms with Crippen LogP contribution >= 0.6 is 11.8 Å². The second kappa shape index (κ2) is 9.03. The molecule has 168 valence electrons. The molecule has 0 unspecified atom stereocenters. The predicted molar refractivity (Wildman–Crippen MR) is 131 cm³/mol. The van der Waals surface area contributed by atoms with Crippen LogP contribution in [0.2, 0.25) is 0 Å². The number of imide groups is 1. The highest BCUT2D eigenvalue weighted by Crippen LogP contribution is 2.34. The molecule has 0 N–H and O–H groups in total. The van der Waals surface area contributed by atoms with Crippen LogP contribution in [0.25, 0.3) is 28.2 Å². The van der Waals surface area contributed by atoms with Crippen molar-refractivity contribution in [2.45, 2.75) is 6.54 Å². The summed E-state index contributed by atoms with van der Waals surface area (Å²) in [6.07, 6.45) is 1.58. The molecule has 5 rings (SSSR count). The average Bonchev–Trinajstić information content (AvgIpc) is 3.44. The van der Waals surface area contributed by atoms with Crippen LogP contribution in [0.5, 0.6) is 0 Å². The van der Waals surface area contributed by atoms with E-state index >= 15 is 0 Å². The lowest BCUT2D eigenvalue weighted by Gasteiger charge is -2.13. The summed E-state index contributed by atoms with van der Waals surface area (Å²) in [6, 6.07) is 24.2. The fraction of sp³-hybridized carbons (Fsp3) is 0.0741. The molecule has 3 aromatic carbocycles. The topological polar surface area (TPSA) is 76.8 Å². The van der Waals surface area contributed by atoms with Crippen LogP contribution in [0.1, 0.15) is 21.7 Å². The van der Waals surface area contributed by atoms with E-state index in [1.807, 2.05) is 42.5 Å². The van der Waals surface area contributed by atoms with E-state index in [-0.39, 0.29) is 17.7 Å². The van der Waals surface area contributed by atoms with Gasteiger partial charge in [-0.25, -0.2) is 4.79 Å². The zero-order valence-electron chi connectivity index (χ0n) is 18.2. The number of furan rings is 1. The molecule has 1 fully saturated rings. The molecule has 1 aliphatic heterocycles. The number of methoxy groups -OCH3 is 1. The number of fused-ring (bicyclic) bond motifs is 1. The summed E-state index contributed by atoms with van der Waals surface area (Å²) < 4.78 is 10.6. The zero-order valence-corrected chi connectivity index (χ0v) is 19.0. The molecule has 0 saturated carbocycles. The van der Waals surface area contributed by atoms with Gasteiger partial charge >= 0.3 is 5.97 Å². The number of hydrogen-bond donors (Lipinski definition) is 0. The molecule has 1 aliphatic rings. The van der Waals surface area contributed by atoms with Crippen molar-refractivity contribution in [1.82, 2.24) is 4.90 Å². The first kappa shape index (κ1) is 21.7. The Hall–Kier alpha value is -4.10. The van der Waals surface area contributed by atoms with Crippen LogP contribution in [0, 0.1) is 0 Å². The summed E-state index contributed by atoms with van der Waals surface area (Å²) in [5.41, 5.74) is 2.10. The Morgan fingerprint density at radius 2 is 1.74 bits per heavy atom. The predicted octanol–water partition coefficient (Wildman–Crippen LogP) is 6.12. The third-order valence-electron chi connectivity index (χ3n) is 5.52. The van der Waals surface area contributed by atoms with Gasteiger partial charge in [0.1, 0.15) is 11.5 Å². The Morgan fingerprint density at radius 1 is 0.971 bits per heavy atom. The van der Waals surface area contributed by atoms with Crippen molar-refractivity contribution in [3.8, 4) is 11.3 Å². The molecule has 2 amide bonds. The first-order chi connectivity index (χ1) is 16.5. The number of carbonyl (C=O) groups excluding carboxylic acids is 3. The monoisotopic (exact) mass is 469 g/mol. The van der Waals surface area contributed by atoms with Crippen LogP contribution < -0.4 is 0 Å². The molecular formula is C27H19NO5S. The third kappa shape index (κ3) is 4.25. The van der Waals surface area contributed by atoms with Gasteiger partial charge in [0.15, 0.2) is 0 Å². The fourth-order valence-electron chi connectivity index (χ4n) is 3.76. The van der Waals surface area contributed by atoms with Crippen LogP contribution in [0.15, 0.2) is 88.2 Å². The van der Waals surface area contributed by atoms with Gasteiger partial charge in [0, 0.05) is 11.6 Å². The quantitative estimate of drug-likeness (QED) is 0.259. The summed E-state index contributed by atoms with van der Waals surface area (Å²) in [4.78, 5) is 38.6. The Morgan fingerprint density at radius 3 is 2.50 bits per heavy atom. The molecule has 34 heavy (non-hydrogen) atoms. The number of hydrogen-bond acceptors (Lipinski definition) is 6. The maximum Gasteiger partial charge on any atom is 0.337 e. The molecule has 1 aromatic heterocycles. The molecule has 0 atom stereocenters. The van der Waals surface area contributed by atoms with E-state index in [2.05, 4.69) is 0 Å². The highest BCUT2D eigenvalue weighted by Gasteiger charge is 2.35. The van der Waals surface area contributed by atoms with Gasteiger partial charge in [0.25, 0.3) is 11.1 Å². The minimum atomic E-state index is -0.411. The number of thioether (sulfide) groups is 1. The van der Waals surface area contributed by atoms with Crippen LogP contribution in [0.3, 0.4) is 0 Å². The third-order valence-corrected chi connectivity index (χ3v) is 6.43. The van der Waals surface area contributed by atoms with E-state index in [0.29, 0.717) is 22.0 Å². The minimum Gasteiger partial charge on any atom is -0.465 e. The number of nitrogens with zero attached hydrogens (tertiary/aromatic N) is 1. The van der Waals surface area contributed by atoms with Gasteiger partial charge in [-0.05, 0) is 58.4 Å². The van der Waals surface area contributed by atoms with E-state index in [4.69, 9.17) is 9.15 Å². The standard InChI is InChI=1S/C27H19NO5S/c1-32-26(30)20-10-8-19(9-11-20)23-13-12-22(33-23)15-24-25(29)28(27(31)34-24)16-17-6-7-18-4-2-3-5-21(18)14-17/h2-15H,16H2,1H3/b24-15-. The second-order valence-corrected chi connectivity index (χ2v) is 8.71. The summed E-state index contributed by atoms with van der Waals surface area (Å²) in [5.74, 6) is 0.288. The van der Waals surface area contributed by atoms with Gasteiger partial charge in [-0.1, -0.05) is 48.5 Å². The van der Waals surface area contributed by atoms with Crippen molar-refractivity contribution in [3.05, 3.63) is 101 Å². The lowest BCUT2D eigenvalue weighted by molar-refractivity contribution is -0.123. The highest BCUT2D eigenvalue weighted by atomic mass is 32.2. The first-order valence-electron chi connectivity index (χ1n) is 10.5. The molecule has 7 heteroatoms. The maximum atomic E-state index is 12.9. The summed E-state index contributed by atoms with van der Waals surface area (Å²) >= 11 is 0.899. The van der Waals surface area contributed by atoms with Gasteiger partial charge in [0.2, 0.25) is 0 Å². The van der Waals surface area contributed by atoms with Crippen molar-refractivity contribution in [1.29, 1.82) is 0 Å². The molecule has 0 bridgehead atoms. The fourth-order valence-corrected chi connectivity index (χ4v) is 4.58. The van der Waals surface area contributed by atoms with E-state index in [0.717, 1.165) is 33.7 Å². The number of benzene rings is 3. The Balaban J connectivity index is 1.32. The largest absolute Gasteiger partial charge is 0.465 e.